The molecule has 1 aromatic rings. The summed E-state index contributed by atoms with van der Waals surface area (Å²) in [6, 6.07) is 4.73. The Morgan fingerprint density at radius 3 is 2.67 bits per heavy atom. The summed E-state index contributed by atoms with van der Waals surface area (Å²) in [4.78, 5) is 11.5. The first kappa shape index (κ1) is 14.6. The molecule has 1 aromatic carbocycles. The van der Waals surface area contributed by atoms with Crippen molar-refractivity contribution in [2.75, 3.05) is 0 Å². The zero-order chi connectivity index (χ0) is 13.7. The van der Waals surface area contributed by atoms with Gasteiger partial charge >= 0.3 is 0 Å². The minimum absolute atomic E-state index is 0.0591. The van der Waals surface area contributed by atoms with Crippen molar-refractivity contribution in [1.82, 2.24) is 5.32 Å². The molecule has 18 heavy (non-hydrogen) atoms. The number of aryl methyl sites for hydroxylation is 1. The number of benzene rings is 1. The molecular formula is C14H20FNO2. The SMILES string of the molecule is Cc1cc(CNC(=O)CC(O)C(C)C)ccc1F. The van der Waals surface area contributed by atoms with Gasteiger partial charge in [0, 0.05) is 6.54 Å². The molecule has 2 N–H and O–H groups in total. The Morgan fingerprint density at radius 2 is 2.11 bits per heavy atom. The average molecular weight is 253 g/mol. The van der Waals surface area contributed by atoms with E-state index in [-0.39, 0.29) is 24.1 Å². The Balaban J connectivity index is 2.45. The minimum atomic E-state index is -0.625. The van der Waals surface area contributed by atoms with Crippen LogP contribution in [0.15, 0.2) is 18.2 Å². The number of carbonyl (C=O) groups is 1. The Kier molecular flexibility index (Phi) is 5.28. The molecular weight excluding hydrogens is 233 g/mol. The van der Waals surface area contributed by atoms with Gasteiger partial charge in [-0.1, -0.05) is 26.0 Å². The maximum atomic E-state index is 13.0. The van der Waals surface area contributed by atoms with Gasteiger partial charge < -0.3 is 10.4 Å². The number of aliphatic hydroxyl groups excluding tert-OH is 1. The maximum Gasteiger partial charge on any atom is 0.222 e. The van der Waals surface area contributed by atoms with Crippen LogP contribution < -0.4 is 5.32 Å². The first-order valence-corrected chi connectivity index (χ1v) is 6.10. The molecule has 1 unspecified atom stereocenters. The molecule has 3 nitrogen and oxygen atoms in total. The third-order valence-electron chi connectivity index (χ3n) is 2.88. The quantitative estimate of drug-likeness (QED) is 0.844. The number of hydrogen-bond donors (Lipinski definition) is 2. The highest BCUT2D eigenvalue weighted by Gasteiger charge is 2.13. The fourth-order valence-electron chi connectivity index (χ4n) is 1.52. The van der Waals surface area contributed by atoms with Crippen LogP contribution in [0.2, 0.25) is 0 Å². The molecule has 0 aliphatic rings. The third kappa shape index (κ3) is 4.45. The van der Waals surface area contributed by atoms with E-state index in [0.29, 0.717) is 12.1 Å². The smallest absolute Gasteiger partial charge is 0.222 e. The highest BCUT2D eigenvalue weighted by atomic mass is 19.1. The van der Waals surface area contributed by atoms with Gasteiger partial charge in [0.25, 0.3) is 0 Å². The van der Waals surface area contributed by atoms with Gasteiger partial charge in [0.15, 0.2) is 0 Å². The van der Waals surface area contributed by atoms with E-state index in [9.17, 15) is 14.3 Å². The van der Waals surface area contributed by atoms with Crippen molar-refractivity contribution in [2.45, 2.75) is 39.8 Å². The van der Waals surface area contributed by atoms with Gasteiger partial charge in [-0.05, 0) is 30.0 Å². The number of nitrogens with one attached hydrogen (secondary N) is 1. The summed E-state index contributed by atoms with van der Waals surface area (Å²) < 4.78 is 13.0. The zero-order valence-electron chi connectivity index (χ0n) is 11.0. The molecule has 1 rings (SSSR count). The van der Waals surface area contributed by atoms with E-state index < -0.39 is 6.10 Å². The predicted octanol–water partition coefficient (Wildman–Crippen LogP) is 2.16. The fraction of sp³-hybridized carbons (Fsp3) is 0.500. The lowest BCUT2D eigenvalue weighted by molar-refractivity contribution is -0.123. The van der Waals surface area contributed by atoms with Gasteiger partial charge in [0.05, 0.1) is 12.5 Å². The Bertz CT molecular complexity index is 418. The molecule has 0 saturated carbocycles. The van der Waals surface area contributed by atoms with Crippen LogP contribution in [-0.4, -0.2) is 17.1 Å². The highest BCUT2D eigenvalue weighted by molar-refractivity contribution is 5.76. The molecule has 4 heteroatoms. The first-order chi connectivity index (χ1) is 8.40. The monoisotopic (exact) mass is 253 g/mol. The molecule has 1 atom stereocenters. The zero-order valence-corrected chi connectivity index (χ0v) is 11.0. The second kappa shape index (κ2) is 6.50. The predicted molar refractivity (Wildman–Crippen MR) is 68.4 cm³/mol. The van der Waals surface area contributed by atoms with Crippen LogP contribution in [0.25, 0.3) is 0 Å². The van der Waals surface area contributed by atoms with E-state index >= 15 is 0 Å². The highest BCUT2D eigenvalue weighted by Crippen LogP contribution is 2.09. The lowest BCUT2D eigenvalue weighted by Crippen LogP contribution is -2.29. The second-order valence-electron chi connectivity index (χ2n) is 4.88. The van der Waals surface area contributed by atoms with Gasteiger partial charge in [-0.2, -0.15) is 0 Å². The van der Waals surface area contributed by atoms with Gasteiger partial charge in [-0.15, -0.1) is 0 Å². The van der Waals surface area contributed by atoms with E-state index in [4.69, 9.17) is 0 Å². The summed E-state index contributed by atoms with van der Waals surface area (Å²) in [5.74, 6) is -0.387. The van der Waals surface area contributed by atoms with Crippen molar-refractivity contribution in [3.05, 3.63) is 35.1 Å². The topological polar surface area (TPSA) is 49.3 Å². The first-order valence-electron chi connectivity index (χ1n) is 6.10. The fourth-order valence-corrected chi connectivity index (χ4v) is 1.52. The van der Waals surface area contributed by atoms with Gasteiger partial charge in [-0.3, -0.25) is 4.79 Å². The van der Waals surface area contributed by atoms with Crippen LogP contribution in [0.1, 0.15) is 31.4 Å². The summed E-state index contributed by atoms with van der Waals surface area (Å²) in [6.45, 7) is 5.76. The summed E-state index contributed by atoms with van der Waals surface area (Å²) in [7, 11) is 0. The van der Waals surface area contributed by atoms with E-state index in [1.54, 1.807) is 19.1 Å². The van der Waals surface area contributed by atoms with E-state index in [1.165, 1.54) is 6.07 Å². The van der Waals surface area contributed by atoms with Crippen molar-refractivity contribution in [1.29, 1.82) is 0 Å². The van der Waals surface area contributed by atoms with Crippen LogP contribution >= 0.6 is 0 Å². The van der Waals surface area contributed by atoms with Gasteiger partial charge in [-0.25, -0.2) is 4.39 Å². The van der Waals surface area contributed by atoms with Crippen molar-refractivity contribution in [3.63, 3.8) is 0 Å². The molecule has 0 heterocycles. The molecule has 0 saturated heterocycles. The maximum absolute atomic E-state index is 13.0. The molecule has 0 aliphatic carbocycles. The summed E-state index contributed by atoms with van der Waals surface area (Å²) >= 11 is 0. The molecule has 0 fully saturated rings. The van der Waals surface area contributed by atoms with Crippen molar-refractivity contribution < 1.29 is 14.3 Å². The average Bonchev–Trinajstić information content (AvgIpc) is 2.30. The minimum Gasteiger partial charge on any atom is -0.392 e. The molecule has 0 aromatic heterocycles. The van der Waals surface area contributed by atoms with Crippen molar-refractivity contribution in [3.8, 4) is 0 Å². The van der Waals surface area contributed by atoms with E-state index in [2.05, 4.69) is 5.32 Å². The van der Waals surface area contributed by atoms with Crippen molar-refractivity contribution >= 4 is 5.91 Å². The van der Waals surface area contributed by atoms with Crippen LogP contribution in [0.5, 0.6) is 0 Å². The molecule has 0 radical (unpaired) electrons. The molecule has 0 aliphatic heterocycles. The summed E-state index contributed by atoms with van der Waals surface area (Å²) in [5, 5.41) is 12.3. The van der Waals surface area contributed by atoms with Gasteiger partial charge in [0.2, 0.25) is 5.91 Å². The number of amides is 1. The van der Waals surface area contributed by atoms with Crippen LogP contribution in [0.3, 0.4) is 0 Å². The van der Waals surface area contributed by atoms with Gasteiger partial charge in [0.1, 0.15) is 5.82 Å². The number of carbonyl (C=O) groups excluding carboxylic acids is 1. The molecule has 0 bridgehead atoms. The lowest BCUT2D eigenvalue weighted by Gasteiger charge is -2.14. The second-order valence-corrected chi connectivity index (χ2v) is 4.88. The van der Waals surface area contributed by atoms with E-state index in [1.807, 2.05) is 13.8 Å². The Hall–Kier alpha value is -1.42. The van der Waals surface area contributed by atoms with Crippen LogP contribution in [0, 0.1) is 18.7 Å². The molecule has 0 spiro atoms. The van der Waals surface area contributed by atoms with Crippen LogP contribution in [0.4, 0.5) is 4.39 Å². The normalized spacial score (nSPS) is 12.6. The number of halogens is 1. The number of rotatable bonds is 5. The lowest BCUT2D eigenvalue weighted by atomic mass is 10.0. The largest absolute Gasteiger partial charge is 0.392 e. The standard InChI is InChI=1S/C14H20FNO2/c1-9(2)13(17)7-14(18)16-8-11-4-5-12(15)10(3)6-11/h4-6,9,13,17H,7-8H2,1-3H3,(H,16,18). The third-order valence-corrected chi connectivity index (χ3v) is 2.88. The van der Waals surface area contributed by atoms with E-state index in [0.717, 1.165) is 5.56 Å². The Morgan fingerprint density at radius 1 is 1.44 bits per heavy atom. The van der Waals surface area contributed by atoms with Crippen LogP contribution in [-0.2, 0) is 11.3 Å². The summed E-state index contributed by atoms with van der Waals surface area (Å²) in [6.07, 6.45) is -0.530. The number of aliphatic hydroxyl groups is 1. The Labute approximate surface area is 107 Å². The molecule has 100 valence electrons. The number of hydrogen-bond acceptors (Lipinski definition) is 2. The van der Waals surface area contributed by atoms with Crippen molar-refractivity contribution in [2.24, 2.45) is 5.92 Å². The molecule has 1 amide bonds. The summed E-state index contributed by atoms with van der Waals surface area (Å²) in [5.41, 5.74) is 1.41.